The fraction of sp³-hybridized carbons (Fsp3) is 0.579. The summed E-state index contributed by atoms with van der Waals surface area (Å²) in [5.41, 5.74) is 8.70. The van der Waals surface area contributed by atoms with E-state index in [4.69, 9.17) is 67.7 Å². The summed E-state index contributed by atoms with van der Waals surface area (Å²) in [5.74, 6) is -2.71. The molecular formula is C95H123Cl2F15N10O24. The van der Waals surface area contributed by atoms with Crippen LogP contribution in [0.5, 0.6) is 23.0 Å². The molecule has 5 amide bonds. The van der Waals surface area contributed by atoms with Gasteiger partial charge in [-0.1, -0.05) is 83.4 Å². The molecule has 51 heteroatoms. The van der Waals surface area contributed by atoms with Crippen molar-refractivity contribution in [1.29, 1.82) is 0 Å². The number of aryl methyl sites for hydroxylation is 4. The smallest absolute Gasteiger partial charge is 0.425 e. The quantitative estimate of drug-likeness (QED) is 0.0141. The van der Waals surface area contributed by atoms with Gasteiger partial charge in [0.1, 0.15) is 23.0 Å². The van der Waals surface area contributed by atoms with E-state index < -0.39 is 135 Å². The van der Waals surface area contributed by atoms with E-state index in [1.54, 1.807) is 36.4 Å². The van der Waals surface area contributed by atoms with Crippen LogP contribution in [-0.4, -0.2) is 354 Å². The van der Waals surface area contributed by atoms with Crippen LogP contribution in [0.25, 0.3) is 0 Å². The maximum absolute atomic E-state index is 12.6. The molecule has 0 aliphatic carbocycles. The van der Waals surface area contributed by atoms with E-state index in [9.17, 15) is 114 Å². The van der Waals surface area contributed by atoms with Crippen molar-refractivity contribution in [3.8, 4) is 23.0 Å². The van der Waals surface area contributed by atoms with E-state index in [-0.39, 0.29) is 78.2 Å². The minimum atomic E-state index is -4.60. The van der Waals surface area contributed by atoms with Crippen molar-refractivity contribution < 1.29 is 182 Å². The number of carbonyl (C=O) groups is 10. The highest BCUT2D eigenvalue weighted by atomic mass is 35.5. The first-order valence-corrected chi connectivity index (χ1v) is 47.2. The number of carboxylic acids is 5. The zero-order valence-electron chi connectivity index (χ0n) is 81.6. The number of aliphatic carboxylic acids is 5. The van der Waals surface area contributed by atoms with Crippen molar-refractivity contribution in [2.75, 3.05) is 157 Å². The van der Waals surface area contributed by atoms with Gasteiger partial charge in [-0.3, -0.25) is 38.9 Å². The molecule has 5 atom stereocenters. The number of benzene rings is 5. The Kier molecular flexibility index (Phi) is 49.5. The summed E-state index contributed by atoms with van der Waals surface area (Å²) in [5, 5.41) is 44.6. The molecule has 5 N–H and O–H groups in total. The van der Waals surface area contributed by atoms with E-state index >= 15 is 0 Å². The Morgan fingerprint density at radius 2 is 0.500 bits per heavy atom. The number of carboxylic acid groups (broad SMARTS) is 5. The summed E-state index contributed by atoms with van der Waals surface area (Å²) < 4.78 is 232. The summed E-state index contributed by atoms with van der Waals surface area (Å²) in [7, 11) is 0. The minimum Gasteiger partial charge on any atom is -0.493 e. The molecular weight excluding hydrogens is 2020 g/mol. The molecule has 5 aliphatic rings. The molecule has 0 aromatic heterocycles. The van der Waals surface area contributed by atoms with Gasteiger partial charge >= 0.3 is 91.2 Å². The summed E-state index contributed by atoms with van der Waals surface area (Å²) >= 11 is 11.9. The van der Waals surface area contributed by atoms with Crippen LogP contribution in [0.2, 0.25) is 10.0 Å². The first kappa shape index (κ1) is 123. The Morgan fingerprint density at radius 1 is 0.281 bits per heavy atom. The summed E-state index contributed by atoms with van der Waals surface area (Å²) in [4.78, 5) is 129. The molecule has 10 rings (SSSR count). The molecule has 5 aliphatic heterocycles. The number of hydrogen-bond donors (Lipinski definition) is 5. The first-order chi connectivity index (χ1) is 68.3. The Balaban J connectivity index is 0.000000279. The minimum absolute atomic E-state index is 0.000907. The number of piperazine rings is 5. The molecule has 5 fully saturated rings. The predicted molar refractivity (Wildman–Crippen MR) is 497 cm³/mol. The molecule has 0 spiro atoms. The summed E-state index contributed by atoms with van der Waals surface area (Å²) in [6.07, 6.45) is -35.3. The van der Waals surface area contributed by atoms with Crippen molar-refractivity contribution in [1.82, 2.24) is 49.0 Å². The normalized spacial score (nSPS) is 16.4. The fourth-order valence-electron chi connectivity index (χ4n) is 14.4. The highest BCUT2D eigenvalue weighted by molar-refractivity contribution is 6.31. The highest BCUT2D eigenvalue weighted by Gasteiger charge is 2.45. The van der Waals surface area contributed by atoms with Gasteiger partial charge in [0, 0.05) is 215 Å². The van der Waals surface area contributed by atoms with Crippen molar-refractivity contribution in [3.63, 3.8) is 0 Å². The number of amides is 5. The van der Waals surface area contributed by atoms with Crippen LogP contribution in [0.3, 0.4) is 0 Å². The van der Waals surface area contributed by atoms with Crippen LogP contribution in [0.15, 0.2) is 91.0 Å². The van der Waals surface area contributed by atoms with E-state index in [1.807, 2.05) is 71.9 Å². The lowest BCUT2D eigenvalue weighted by atomic mass is 9.98. The van der Waals surface area contributed by atoms with E-state index in [0.29, 0.717) is 176 Å². The summed E-state index contributed by atoms with van der Waals surface area (Å²) in [6, 6.07) is 27.5. The van der Waals surface area contributed by atoms with Crippen LogP contribution in [0.1, 0.15) is 130 Å². The third-order valence-corrected chi connectivity index (χ3v) is 23.5. The lowest BCUT2D eigenvalue weighted by Crippen LogP contribution is -2.49. The van der Waals surface area contributed by atoms with Gasteiger partial charge in [-0.15, -0.1) is 0 Å². The van der Waals surface area contributed by atoms with Gasteiger partial charge in [0.15, 0.2) is 43.7 Å². The molecule has 5 heterocycles. The molecule has 5 aromatic carbocycles. The van der Waals surface area contributed by atoms with Crippen molar-refractivity contribution in [2.45, 2.75) is 201 Å². The highest BCUT2D eigenvalue weighted by Crippen LogP contribution is 2.34. The second-order valence-electron chi connectivity index (χ2n) is 34.8. The largest absolute Gasteiger partial charge is 0.493 e. The Labute approximate surface area is 843 Å². The molecule has 5 unspecified atom stereocenters. The topological polar surface area (TPSA) is 387 Å². The van der Waals surface area contributed by atoms with Gasteiger partial charge < -0.3 is 92.7 Å². The summed E-state index contributed by atoms with van der Waals surface area (Å²) in [6.45, 7) is 19.2. The third kappa shape index (κ3) is 45.4. The maximum atomic E-state index is 12.6. The average molecular weight is 2140 g/mol. The van der Waals surface area contributed by atoms with Crippen molar-refractivity contribution in [2.24, 2.45) is 0 Å². The van der Waals surface area contributed by atoms with Gasteiger partial charge in [-0.2, -0.15) is 65.9 Å². The maximum Gasteiger partial charge on any atom is 0.425 e. The second-order valence-corrected chi connectivity index (χ2v) is 35.7. The first-order valence-electron chi connectivity index (χ1n) is 46.5. The van der Waals surface area contributed by atoms with Gasteiger partial charge in [0.05, 0.1) is 13.2 Å². The molecule has 0 radical (unpaired) electrons. The molecule has 5 saturated heterocycles. The number of hydrogen-bond acceptors (Lipinski definition) is 24. The van der Waals surface area contributed by atoms with Crippen molar-refractivity contribution >= 4 is 83.5 Å². The van der Waals surface area contributed by atoms with E-state index in [0.717, 1.165) is 86.4 Å². The molecule has 816 valence electrons. The average Bonchev–Trinajstić information content (AvgIpc) is 0.845. The zero-order chi connectivity index (χ0) is 109. The molecule has 34 nitrogen and oxygen atoms in total. The van der Waals surface area contributed by atoms with Gasteiger partial charge in [0.25, 0.3) is 0 Å². The molecule has 5 aromatic rings. The van der Waals surface area contributed by atoms with Crippen LogP contribution in [-0.2, 0) is 86.8 Å². The number of alkyl halides is 15. The standard InChI is InChI=1S/C21H29F3N2O4.C20H27F3N2O5.C19H24ClF3N2O5.C18H23F3N2O5.C17H20ClF3N2O5/c1-15-7-8-18(17(13-15)5-3-4-6-19(27)28)14-25-9-11-26(12-10-25)20(29)30-16(2)21(22,23)24;1-14-5-6-16(17(12-14)29-11-3-4-18(26)27)13-24-7-9-25(10-8-24)19(28)30-15(2)20(21,22)23;1-13(19(21,22)23)30-18(28)25-8-6-24(7-9-25)12-14-4-5-15(20)11-16(14)29-10-2-3-17(26)27;1-12-3-4-14(15(9-12)27-11-16(24)25)10-22-5-7-23(8-6-22)17(26)28-13(2)18(19,20)21;1-11(17(19,20)21)28-16(26)23-6-4-22(5-7-23)9-12-2-3-13(18)8-14(12)27-10-15(24)25/h7-8,13,16H,3-6,9-12,14H2,1-2H3,(H,27,28);5-6,12,15H,3-4,7-11,13H2,1-2H3,(H,26,27);4-5,11,13H,2-3,6-10,12H2,1H3,(H,26,27);3-4,9,13H,5-8,10-11H2,1-2H3,(H,24,25);2-3,8,11H,4-7,9-10H2,1H3,(H,24,25). The van der Waals surface area contributed by atoms with Gasteiger partial charge in [-0.05, 0) is 146 Å². The number of unbranched alkanes of at least 4 members (excludes halogenated alkanes) is 1. The second kappa shape index (κ2) is 58.8. The van der Waals surface area contributed by atoms with Crippen LogP contribution >= 0.6 is 23.2 Å². The third-order valence-electron chi connectivity index (χ3n) is 23.1. The Morgan fingerprint density at radius 3 is 0.753 bits per heavy atom. The Hall–Kier alpha value is -11.7. The number of nitrogens with zero attached hydrogens (tertiary/aromatic N) is 10. The fourth-order valence-corrected chi connectivity index (χ4v) is 14.7. The predicted octanol–water partition coefficient (Wildman–Crippen LogP) is 16.9. The zero-order valence-corrected chi connectivity index (χ0v) is 83.1. The molecule has 0 saturated carbocycles. The number of halogens is 17. The van der Waals surface area contributed by atoms with E-state index in [1.165, 1.54) is 36.1 Å². The van der Waals surface area contributed by atoms with Crippen LogP contribution in [0.4, 0.5) is 89.8 Å². The lowest BCUT2D eigenvalue weighted by Gasteiger charge is -2.35. The Bertz CT molecular complexity index is 4620. The van der Waals surface area contributed by atoms with Crippen LogP contribution < -0.4 is 18.9 Å². The van der Waals surface area contributed by atoms with Gasteiger partial charge in [-0.25, -0.2) is 33.6 Å². The number of carbonyl (C=O) groups excluding carboxylic acids is 5. The van der Waals surface area contributed by atoms with E-state index in [2.05, 4.69) is 45.6 Å². The number of ether oxygens (including phenoxy) is 9. The van der Waals surface area contributed by atoms with Crippen LogP contribution in [0, 0.1) is 20.8 Å². The number of rotatable bonds is 36. The SMILES string of the molecule is CC(OC(=O)N1CCN(Cc2ccc(Cl)cc2OCC(=O)O)CC1)C(F)(F)F.CC(OC(=O)N1CCN(Cc2ccc(Cl)cc2OCCCC(=O)O)CC1)C(F)(F)F.Cc1ccc(CN2CCN(C(=O)OC(C)C(F)(F)F)CC2)c(CCCCC(=O)O)c1.Cc1ccc(CN2CCN(C(=O)OC(C)C(F)(F)F)CC2)c(OCC(=O)O)c1.Cc1ccc(CN2CCN(C(=O)OC(C)C(F)(F)F)CC2)c(OCCCC(=O)O)c1. The molecule has 0 bridgehead atoms. The van der Waals surface area contributed by atoms with Gasteiger partial charge in [0.2, 0.25) is 0 Å². The lowest BCUT2D eigenvalue weighted by molar-refractivity contribution is -0.200. The molecule has 146 heavy (non-hydrogen) atoms. The van der Waals surface area contributed by atoms with Crippen molar-refractivity contribution in [3.05, 3.63) is 151 Å². The monoisotopic (exact) mass is 2140 g/mol.